The number of primary amides is 1. The fourth-order valence-corrected chi connectivity index (χ4v) is 3.41. The van der Waals surface area contributed by atoms with Gasteiger partial charge in [0.15, 0.2) is 5.76 Å². The minimum atomic E-state index is -0.868. The standard InChI is InChI=1S/C23H32N2O4.C6H9NO.C3H6.C2H6/c1-4-5-7-10-20-16-25(19(3)18(20)2)13-9-6-8-11-21-15-22(29-24-21)17-28-14-12-23(26)27;1-2-3-4-5-6(7)8;1-3-2;1-2/h4-5,7,10,15-16,19H,2,6,8-9,11-14,17H2,1,3H3,(H,26,27);2-5H,1H3,(H2,7,8);3H,1H2,2H3;1-2H3/b5-4-,10-7-;3-2+,5-4+;;. The summed E-state index contributed by atoms with van der Waals surface area (Å²) in [6.45, 7) is 21.0. The number of hydrogen-bond acceptors (Lipinski definition) is 6. The van der Waals surface area contributed by atoms with Crippen molar-refractivity contribution in [2.45, 2.75) is 86.3 Å². The normalized spacial score (nSPS) is 14.3. The zero-order valence-corrected chi connectivity index (χ0v) is 26.6. The Balaban J connectivity index is 0. The van der Waals surface area contributed by atoms with Crippen LogP contribution in [-0.4, -0.2) is 46.2 Å². The largest absolute Gasteiger partial charge is 0.481 e. The van der Waals surface area contributed by atoms with Crippen molar-refractivity contribution in [2.75, 3.05) is 13.2 Å². The molecule has 3 N–H and O–H groups in total. The van der Waals surface area contributed by atoms with Gasteiger partial charge >= 0.3 is 5.97 Å². The van der Waals surface area contributed by atoms with Crippen LogP contribution in [0.15, 0.2) is 95.8 Å². The molecule has 1 amide bonds. The highest BCUT2D eigenvalue weighted by Gasteiger charge is 2.22. The molecule has 0 aromatic carbocycles. The van der Waals surface area contributed by atoms with Gasteiger partial charge < -0.3 is 25.0 Å². The van der Waals surface area contributed by atoms with E-state index in [0.717, 1.165) is 37.9 Å². The highest BCUT2D eigenvalue weighted by Crippen LogP contribution is 2.27. The molecule has 0 spiro atoms. The summed E-state index contributed by atoms with van der Waals surface area (Å²) in [7, 11) is 0. The molecule has 1 unspecified atom stereocenters. The van der Waals surface area contributed by atoms with Crippen molar-refractivity contribution in [1.82, 2.24) is 10.1 Å². The molecule has 42 heavy (non-hydrogen) atoms. The van der Waals surface area contributed by atoms with Crippen molar-refractivity contribution in [3.8, 4) is 0 Å². The monoisotopic (exact) mass is 583 g/mol. The van der Waals surface area contributed by atoms with Crippen LogP contribution in [0, 0.1) is 0 Å². The lowest BCUT2D eigenvalue weighted by atomic mass is 10.1. The number of nitrogens with zero attached hydrogens (tertiary/aromatic N) is 2. The van der Waals surface area contributed by atoms with Gasteiger partial charge in [-0.25, -0.2) is 0 Å². The summed E-state index contributed by atoms with van der Waals surface area (Å²) in [5, 5.41) is 12.6. The predicted octanol–water partition coefficient (Wildman–Crippen LogP) is 7.48. The molecule has 1 aliphatic rings. The van der Waals surface area contributed by atoms with Crippen LogP contribution in [0.1, 0.15) is 78.7 Å². The first-order chi connectivity index (χ1) is 20.2. The number of rotatable bonds is 15. The van der Waals surface area contributed by atoms with Gasteiger partial charge in [0.25, 0.3) is 0 Å². The van der Waals surface area contributed by atoms with Gasteiger partial charge in [-0.3, -0.25) is 9.59 Å². The average molecular weight is 584 g/mol. The van der Waals surface area contributed by atoms with Gasteiger partial charge in [-0.05, 0) is 58.1 Å². The number of aromatic nitrogens is 1. The second-order valence-corrected chi connectivity index (χ2v) is 8.90. The third-order valence-corrected chi connectivity index (χ3v) is 5.48. The molecule has 1 aromatic heterocycles. The Morgan fingerprint density at radius 3 is 2.36 bits per heavy atom. The van der Waals surface area contributed by atoms with E-state index >= 15 is 0 Å². The fraction of sp³-hybridized carbons (Fsp3) is 0.441. The first kappa shape index (κ1) is 40.2. The Hall–Kier alpha value is -3.91. The molecule has 0 radical (unpaired) electrons. The van der Waals surface area contributed by atoms with Gasteiger partial charge in [-0.15, -0.1) is 6.58 Å². The van der Waals surface area contributed by atoms with Crippen LogP contribution < -0.4 is 5.73 Å². The molecule has 0 fully saturated rings. The molecule has 1 aromatic rings. The lowest BCUT2D eigenvalue weighted by Crippen LogP contribution is -2.25. The fourth-order valence-electron chi connectivity index (χ4n) is 3.41. The van der Waals surface area contributed by atoms with Gasteiger partial charge in [0.2, 0.25) is 5.91 Å². The number of amides is 1. The summed E-state index contributed by atoms with van der Waals surface area (Å²) < 4.78 is 10.5. The van der Waals surface area contributed by atoms with E-state index < -0.39 is 11.9 Å². The van der Waals surface area contributed by atoms with E-state index in [1.807, 2.05) is 58.9 Å². The number of aliphatic carboxylic acids is 1. The number of hydrogen-bond donors (Lipinski definition) is 2. The molecule has 0 aliphatic carbocycles. The second-order valence-electron chi connectivity index (χ2n) is 8.90. The lowest BCUT2D eigenvalue weighted by Gasteiger charge is -2.22. The van der Waals surface area contributed by atoms with Crippen LogP contribution in [0.4, 0.5) is 0 Å². The van der Waals surface area contributed by atoms with Gasteiger partial charge in [0.1, 0.15) is 6.61 Å². The Kier molecular flexibility index (Phi) is 26.1. The molecular formula is C34H53N3O5. The molecule has 2 heterocycles. The minimum absolute atomic E-state index is 0.00721. The maximum Gasteiger partial charge on any atom is 0.305 e. The van der Waals surface area contributed by atoms with Crippen molar-refractivity contribution in [3.63, 3.8) is 0 Å². The number of aryl methyl sites for hydroxylation is 1. The SMILES string of the molecule is C/C=C/C=C/C(N)=O.C=C1C(/C=C\C=C/C)=CN(CCCCCc2cc(COCCC(=O)O)on2)C1C.C=CC.CC. The van der Waals surface area contributed by atoms with Gasteiger partial charge in [0, 0.05) is 24.9 Å². The van der Waals surface area contributed by atoms with Crippen LogP contribution in [0.2, 0.25) is 0 Å². The summed E-state index contributed by atoms with van der Waals surface area (Å²) in [6, 6.07) is 2.24. The molecule has 8 heteroatoms. The van der Waals surface area contributed by atoms with Crippen molar-refractivity contribution in [2.24, 2.45) is 5.73 Å². The third-order valence-electron chi connectivity index (χ3n) is 5.48. The molecule has 2 rings (SSSR count). The van der Waals surface area contributed by atoms with E-state index in [1.54, 1.807) is 18.2 Å². The van der Waals surface area contributed by atoms with Gasteiger partial charge in [-0.1, -0.05) is 80.6 Å². The highest BCUT2D eigenvalue weighted by atomic mass is 16.5. The number of carboxylic acids is 1. The van der Waals surface area contributed by atoms with E-state index in [9.17, 15) is 9.59 Å². The molecule has 1 aliphatic heterocycles. The molecule has 1 atom stereocenters. The van der Waals surface area contributed by atoms with Crippen molar-refractivity contribution in [3.05, 3.63) is 103 Å². The average Bonchev–Trinajstić information content (AvgIpc) is 3.52. The zero-order valence-electron chi connectivity index (χ0n) is 26.6. The van der Waals surface area contributed by atoms with E-state index in [-0.39, 0.29) is 19.6 Å². The molecule has 234 valence electrons. The smallest absolute Gasteiger partial charge is 0.305 e. The topological polar surface area (TPSA) is 119 Å². The maximum absolute atomic E-state index is 10.4. The van der Waals surface area contributed by atoms with Crippen LogP contribution in [0.25, 0.3) is 0 Å². The Bertz CT molecular complexity index is 1050. The molecule has 8 nitrogen and oxygen atoms in total. The third kappa shape index (κ3) is 20.9. The number of unbranched alkanes of at least 4 members (excludes halogenated alkanes) is 2. The predicted molar refractivity (Wildman–Crippen MR) is 174 cm³/mol. The zero-order chi connectivity index (χ0) is 32.2. The maximum atomic E-state index is 10.4. The van der Waals surface area contributed by atoms with Gasteiger partial charge in [-0.2, -0.15) is 0 Å². The van der Waals surface area contributed by atoms with Crippen molar-refractivity contribution < 1.29 is 24.0 Å². The minimum Gasteiger partial charge on any atom is -0.481 e. The van der Waals surface area contributed by atoms with Crippen LogP contribution in [0.3, 0.4) is 0 Å². The molecular weight excluding hydrogens is 530 g/mol. The molecule has 0 bridgehead atoms. The van der Waals surface area contributed by atoms with Crippen LogP contribution in [-0.2, 0) is 27.4 Å². The Morgan fingerprint density at radius 2 is 1.76 bits per heavy atom. The first-order valence-electron chi connectivity index (χ1n) is 14.6. The van der Waals surface area contributed by atoms with Crippen LogP contribution >= 0.6 is 0 Å². The lowest BCUT2D eigenvalue weighted by molar-refractivity contribution is -0.138. The molecule has 0 saturated heterocycles. The summed E-state index contributed by atoms with van der Waals surface area (Å²) in [5.41, 5.74) is 8.07. The van der Waals surface area contributed by atoms with E-state index in [4.69, 9.17) is 20.1 Å². The Labute approximate surface area is 253 Å². The highest BCUT2D eigenvalue weighted by molar-refractivity contribution is 5.85. The van der Waals surface area contributed by atoms with Gasteiger partial charge in [0.05, 0.1) is 24.8 Å². The summed E-state index contributed by atoms with van der Waals surface area (Å²) >= 11 is 0. The van der Waals surface area contributed by atoms with E-state index in [1.165, 1.54) is 17.2 Å². The Morgan fingerprint density at radius 1 is 1.12 bits per heavy atom. The number of nitrogens with two attached hydrogens (primary N) is 1. The summed E-state index contributed by atoms with van der Waals surface area (Å²) in [6.07, 6.45) is 22.8. The number of carboxylic acid groups (broad SMARTS) is 1. The summed E-state index contributed by atoms with van der Waals surface area (Å²) in [4.78, 5) is 22.8. The number of carbonyl (C=O) groups excluding carboxylic acids is 1. The van der Waals surface area contributed by atoms with Crippen molar-refractivity contribution in [1.29, 1.82) is 0 Å². The number of ether oxygens (including phenoxy) is 1. The second kappa shape index (κ2) is 27.3. The number of allylic oxidation sites excluding steroid dienone is 8. The first-order valence-corrected chi connectivity index (χ1v) is 14.6. The number of carbonyl (C=O) groups is 2. The summed E-state index contributed by atoms with van der Waals surface area (Å²) in [5.74, 6) is -0.644. The quantitative estimate of drug-likeness (QED) is 0.0951. The van der Waals surface area contributed by atoms with Crippen LogP contribution in [0.5, 0.6) is 0 Å². The molecule has 0 saturated carbocycles. The van der Waals surface area contributed by atoms with Crippen molar-refractivity contribution >= 4 is 11.9 Å². The van der Waals surface area contributed by atoms with E-state index in [2.05, 4.69) is 48.5 Å². The van der Waals surface area contributed by atoms with E-state index in [0.29, 0.717) is 11.8 Å².